The number of hydrogen-bond donors (Lipinski definition) is 2. The van der Waals surface area contributed by atoms with Crippen LogP contribution in [-0.2, 0) is 11.2 Å². The molecule has 0 unspecified atom stereocenters. The van der Waals surface area contributed by atoms with Gasteiger partial charge in [0, 0.05) is 0 Å². The first-order valence-electron chi connectivity index (χ1n) is 5.86. The van der Waals surface area contributed by atoms with Crippen molar-refractivity contribution in [3.05, 3.63) is 23.8 Å². The highest BCUT2D eigenvalue weighted by atomic mass is 16.5. The van der Waals surface area contributed by atoms with Crippen molar-refractivity contribution < 1.29 is 9.53 Å². The Morgan fingerprint density at radius 2 is 2.18 bits per heavy atom. The third-order valence-electron chi connectivity index (χ3n) is 2.87. The van der Waals surface area contributed by atoms with Gasteiger partial charge in [0.05, 0.1) is 5.69 Å². The average molecular weight is 234 g/mol. The SMILES string of the molecule is CC1(C)Oc2ccc(CCCN)cc2NC1=O. The molecule has 0 aromatic heterocycles. The first-order chi connectivity index (χ1) is 8.03. The molecule has 1 aromatic carbocycles. The predicted molar refractivity (Wildman–Crippen MR) is 67.2 cm³/mol. The van der Waals surface area contributed by atoms with Gasteiger partial charge in [-0.05, 0) is 50.9 Å². The average Bonchev–Trinajstić information content (AvgIpc) is 2.27. The maximum absolute atomic E-state index is 11.7. The van der Waals surface area contributed by atoms with Crippen LogP contribution in [0, 0.1) is 0 Å². The van der Waals surface area contributed by atoms with Crippen LogP contribution in [0.2, 0.25) is 0 Å². The molecule has 1 heterocycles. The number of nitrogens with one attached hydrogen (secondary N) is 1. The summed E-state index contributed by atoms with van der Waals surface area (Å²) in [5.74, 6) is 0.618. The third kappa shape index (κ3) is 2.42. The summed E-state index contributed by atoms with van der Waals surface area (Å²) in [5, 5.41) is 2.87. The second-order valence-corrected chi connectivity index (χ2v) is 4.79. The van der Waals surface area contributed by atoms with Crippen molar-refractivity contribution in [1.82, 2.24) is 0 Å². The van der Waals surface area contributed by atoms with Crippen molar-refractivity contribution in [3.8, 4) is 5.75 Å². The van der Waals surface area contributed by atoms with Crippen LogP contribution in [0.15, 0.2) is 18.2 Å². The number of carbonyl (C=O) groups excluding carboxylic acids is 1. The lowest BCUT2D eigenvalue weighted by Gasteiger charge is -2.31. The van der Waals surface area contributed by atoms with Gasteiger partial charge in [0.2, 0.25) is 0 Å². The van der Waals surface area contributed by atoms with E-state index in [-0.39, 0.29) is 5.91 Å². The van der Waals surface area contributed by atoms with E-state index < -0.39 is 5.60 Å². The Morgan fingerprint density at radius 3 is 2.88 bits per heavy atom. The van der Waals surface area contributed by atoms with E-state index in [0.29, 0.717) is 6.54 Å². The molecule has 1 amide bonds. The molecule has 0 spiro atoms. The van der Waals surface area contributed by atoms with Gasteiger partial charge in [0.15, 0.2) is 5.60 Å². The van der Waals surface area contributed by atoms with Gasteiger partial charge in [-0.1, -0.05) is 6.07 Å². The van der Waals surface area contributed by atoms with Gasteiger partial charge in [-0.2, -0.15) is 0 Å². The van der Waals surface area contributed by atoms with Gasteiger partial charge in [0.1, 0.15) is 5.75 Å². The number of hydrogen-bond acceptors (Lipinski definition) is 3. The maximum atomic E-state index is 11.7. The van der Waals surface area contributed by atoms with Gasteiger partial charge in [-0.25, -0.2) is 0 Å². The summed E-state index contributed by atoms with van der Waals surface area (Å²) in [6, 6.07) is 5.88. The largest absolute Gasteiger partial charge is 0.476 e. The topological polar surface area (TPSA) is 64.3 Å². The molecule has 4 heteroatoms. The molecule has 0 atom stereocenters. The van der Waals surface area contributed by atoms with E-state index >= 15 is 0 Å². The monoisotopic (exact) mass is 234 g/mol. The Morgan fingerprint density at radius 1 is 1.41 bits per heavy atom. The standard InChI is InChI=1S/C13H18N2O2/c1-13(2)12(16)15-10-8-9(4-3-7-14)5-6-11(10)17-13/h5-6,8H,3-4,7,14H2,1-2H3,(H,15,16). The number of amides is 1. The Labute approximate surface area is 101 Å². The molecule has 0 saturated heterocycles. The van der Waals surface area contributed by atoms with Crippen LogP contribution >= 0.6 is 0 Å². The zero-order chi connectivity index (χ0) is 12.5. The minimum atomic E-state index is -0.800. The highest BCUT2D eigenvalue weighted by molar-refractivity contribution is 6.00. The van der Waals surface area contributed by atoms with Crippen molar-refractivity contribution in [1.29, 1.82) is 0 Å². The fourth-order valence-corrected chi connectivity index (χ4v) is 1.82. The van der Waals surface area contributed by atoms with E-state index in [0.717, 1.165) is 29.8 Å². The van der Waals surface area contributed by atoms with E-state index in [2.05, 4.69) is 5.32 Å². The number of anilines is 1. The van der Waals surface area contributed by atoms with Gasteiger partial charge >= 0.3 is 0 Å². The summed E-state index contributed by atoms with van der Waals surface area (Å²) in [5.41, 5.74) is 6.60. The first-order valence-corrected chi connectivity index (χ1v) is 5.86. The van der Waals surface area contributed by atoms with E-state index in [4.69, 9.17) is 10.5 Å². The molecular formula is C13H18N2O2. The van der Waals surface area contributed by atoms with Crippen LogP contribution in [0.4, 0.5) is 5.69 Å². The fraction of sp³-hybridized carbons (Fsp3) is 0.462. The second-order valence-electron chi connectivity index (χ2n) is 4.79. The van der Waals surface area contributed by atoms with Crippen LogP contribution in [0.5, 0.6) is 5.75 Å². The van der Waals surface area contributed by atoms with E-state index in [1.165, 1.54) is 0 Å². The number of fused-ring (bicyclic) bond motifs is 1. The van der Waals surface area contributed by atoms with Gasteiger partial charge in [0.25, 0.3) is 5.91 Å². The minimum absolute atomic E-state index is 0.110. The fourth-order valence-electron chi connectivity index (χ4n) is 1.82. The summed E-state index contributed by atoms with van der Waals surface area (Å²) in [4.78, 5) is 11.7. The Kier molecular flexibility index (Phi) is 3.07. The van der Waals surface area contributed by atoms with Crippen molar-refractivity contribution in [2.75, 3.05) is 11.9 Å². The van der Waals surface area contributed by atoms with Crippen LogP contribution in [0.25, 0.3) is 0 Å². The normalized spacial score (nSPS) is 17.0. The van der Waals surface area contributed by atoms with Gasteiger partial charge < -0.3 is 15.8 Å². The first kappa shape index (κ1) is 11.9. The number of ether oxygens (including phenoxy) is 1. The minimum Gasteiger partial charge on any atom is -0.476 e. The molecule has 1 aliphatic rings. The summed E-state index contributed by atoms with van der Waals surface area (Å²) in [7, 11) is 0. The van der Waals surface area contributed by atoms with Crippen LogP contribution in [0.3, 0.4) is 0 Å². The molecule has 4 nitrogen and oxygen atoms in total. The van der Waals surface area contributed by atoms with Gasteiger partial charge in [-0.3, -0.25) is 4.79 Å². The van der Waals surface area contributed by atoms with E-state index in [1.54, 1.807) is 13.8 Å². The van der Waals surface area contributed by atoms with Crippen LogP contribution in [0.1, 0.15) is 25.8 Å². The Hall–Kier alpha value is -1.55. The lowest BCUT2D eigenvalue weighted by molar-refractivity contribution is -0.129. The number of benzene rings is 1. The molecule has 0 aliphatic carbocycles. The maximum Gasteiger partial charge on any atom is 0.268 e. The molecule has 1 aliphatic heterocycles. The molecule has 17 heavy (non-hydrogen) atoms. The molecule has 2 rings (SSSR count). The molecule has 0 fully saturated rings. The lowest BCUT2D eigenvalue weighted by atomic mass is 10.0. The number of aryl methyl sites for hydroxylation is 1. The van der Waals surface area contributed by atoms with Crippen LogP contribution < -0.4 is 15.8 Å². The van der Waals surface area contributed by atoms with Crippen molar-refractivity contribution in [2.24, 2.45) is 5.73 Å². The van der Waals surface area contributed by atoms with Crippen molar-refractivity contribution >= 4 is 11.6 Å². The molecular weight excluding hydrogens is 216 g/mol. The summed E-state index contributed by atoms with van der Waals surface area (Å²) in [6.07, 6.45) is 1.86. The molecule has 3 N–H and O–H groups in total. The van der Waals surface area contributed by atoms with E-state index in [9.17, 15) is 4.79 Å². The number of rotatable bonds is 3. The van der Waals surface area contributed by atoms with Crippen molar-refractivity contribution in [2.45, 2.75) is 32.3 Å². The molecule has 0 saturated carbocycles. The highest BCUT2D eigenvalue weighted by Gasteiger charge is 2.35. The molecule has 1 aromatic rings. The predicted octanol–water partition coefficient (Wildman–Crippen LogP) is 1.69. The molecule has 0 radical (unpaired) electrons. The Balaban J connectivity index is 2.23. The zero-order valence-corrected chi connectivity index (χ0v) is 10.2. The highest BCUT2D eigenvalue weighted by Crippen LogP contribution is 2.34. The number of nitrogens with two attached hydrogens (primary N) is 1. The quantitative estimate of drug-likeness (QED) is 0.836. The lowest BCUT2D eigenvalue weighted by Crippen LogP contribution is -2.45. The van der Waals surface area contributed by atoms with Gasteiger partial charge in [-0.15, -0.1) is 0 Å². The smallest absolute Gasteiger partial charge is 0.268 e. The third-order valence-corrected chi connectivity index (χ3v) is 2.87. The zero-order valence-electron chi connectivity index (χ0n) is 10.2. The summed E-state index contributed by atoms with van der Waals surface area (Å²) < 4.78 is 5.65. The van der Waals surface area contributed by atoms with Crippen molar-refractivity contribution in [3.63, 3.8) is 0 Å². The Bertz CT molecular complexity index is 441. The number of carbonyl (C=O) groups is 1. The summed E-state index contributed by atoms with van der Waals surface area (Å²) in [6.45, 7) is 4.19. The molecule has 0 bridgehead atoms. The van der Waals surface area contributed by atoms with Crippen LogP contribution in [-0.4, -0.2) is 18.1 Å². The summed E-state index contributed by atoms with van der Waals surface area (Å²) >= 11 is 0. The molecule has 92 valence electrons. The second kappa shape index (κ2) is 4.37. The van der Waals surface area contributed by atoms with E-state index in [1.807, 2.05) is 18.2 Å².